The van der Waals surface area contributed by atoms with Crippen LogP contribution >= 0.6 is 0 Å². The van der Waals surface area contributed by atoms with Crippen molar-refractivity contribution < 1.29 is 24.2 Å². The number of likely N-dealkylation sites (tertiary alicyclic amines) is 1. The van der Waals surface area contributed by atoms with Crippen molar-refractivity contribution in [3.63, 3.8) is 0 Å². The Morgan fingerprint density at radius 1 is 1.17 bits per heavy atom. The smallest absolute Gasteiger partial charge is 0.310 e. The third-order valence-electron chi connectivity index (χ3n) is 6.05. The Kier molecular flexibility index (Phi) is 9.14. The van der Waals surface area contributed by atoms with Gasteiger partial charge in [0.15, 0.2) is 0 Å². The monoisotopic (exact) mass is 408 g/mol. The minimum Gasteiger partial charge on any atom is -0.466 e. The van der Waals surface area contributed by atoms with Gasteiger partial charge in [0.1, 0.15) is 6.04 Å². The van der Waals surface area contributed by atoms with Crippen molar-refractivity contribution in [1.29, 1.82) is 0 Å². The number of unbranched alkanes of at least 4 members (excludes halogenated alkanes) is 2. The summed E-state index contributed by atoms with van der Waals surface area (Å²) in [6.07, 6.45) is 8.04. The molecule has 2 aliphatic rings. The number of aliphatic hydroxyl groups excluding tert-OH is 1. The zero-order valence-electron chi connectivity index (χ0n) is 17.9. The highest BCUT2D eigenvalue weighted by molar-refractivity contribution is 5.96. The zero-order chi connectivity index (χ0) is 21.4. The largest absolute Gasteiger partial charge is 0.466 e. The number of hydrogen-bond donors (Lipinski definition) is 2. The molecule has 0 aromatic carbocycles. The maximum absolute atomic E-state index is 13.3. The number of carbonyl (C=O) groups excluding carboxylic acids is 3. The fourth-order valence-electron chi connectivity index (χ4n) is 4.62. The van der Waals surface area contributed by atoms with E-state index in [1.165, 1.54) is 0 Å². The van der Waals surface area contributed by atoms with E-state index in [0.717, 1.165) is 25.7 Å². The standard InChI is InChI=1S/C22H36N2O5/c1-4-7-8-12-23-20(26)19-16-11-10-15(5-2)17(22(28)29-6-3)18(16)21(27)24(19)13-9-14-25/h10-11,15-19,25H,4-9,12-14H2,1-3H3,(H,23,26)/t15-,16+,17-,18-,19+/m1/s1. The van der Waals surface area contributed by atoms with Gasteiger partial charge in [0.2, 0.25) is 11.8 Å². The van der Waals surface area contributed by atoms with Crippen molar-refractivity contribution in [1.82, 2.24) is 10.2 Å². The average molecular weight is 409 g/mol. The third kappa shape index (κ3) is 5.18. The van der Waals surface area contributed by atoms with Crippen molar-refractivity contribution in [2.45, 2.75) is 58.9 Å². The molecular formula is C22H36N2O5. The van der Waals surface area contributed by atoms with Gasteiger partial charge < -0.3 is 20.1 Å². The van der Waals surface area contributed by atoms with Gasteiger partial charge in [-0.1, -0.05) is 38.8 Å². The molecule has 164 valence electrons. The van der Waals surface area contributed by atoms with E-state index >= 15 is 0 Å². The number of allylic oxidation sites excluding steroid dienone is 1. The molecule has 0 unspecified atom stereocenters. The lowest BCUT2D eigenvalue weighted by Crippen LogP contribution is -2.48. The van der Waals surface area contributed by atoms with Gasteiger partial charge in [-0.2, -0.15) is 0 Å². The normalized spacial score (nSPS) is 28.3. The van der Waals surface area contributed by atoms with E-state index in [2.05, 4.69) is 12.2 Å². The van der Waals surface area contributed by atoms with Crippen LogP contribution in [0.1, 0.15) is 52.9 Å². The van der Waals surface area contributed by atoms with Crippen molar-refractivity contribution >= 4 is 17.8 Å². The Labute approximate surface area is 173 Å². The van der Waals surface area contributed by atoms with Crippen molar-refractivity contribution in [2.24, 2.45) is 23.7 Å². The van der Waals surface area contributed by atoms with Crippen LogP contribution < -0.4 is 5.32 Å². The average Bonchev–Trinajstić information content (AvgIpc) is 3.00. The van der Waals surface area contributed by atoms with E-state index < -0.39 is 17.9 Å². The number of fused-ring (bicyclic) bond motifs is 1. The lowest BCUT2D eigenvalue weighted by Gasteiger charge is -2.33. The topological polar surface area (TPSA) is 95.9 Å². The Bertz CT molecular complexity index is 606. The van der Waals surface area contributed by atoms with E-state index in [1.807, 2.05) is 19.1 Å². The van der Waals surface area contributed by atoms with Gasteiger partial charge in [0.05, 0.1) is 18.4 Å². The van der Waals surface area contributed by atoms with Crippen molar-refractivity contribution in [3.05, 3.63) is 12.2 Å². The molecule has 2 N–H and O–H groups in total. The Balaban J connectivity index is 2.30. The molecule has 0 spiro atoms. The summed E-state index contributed by atoms with van der Waals surface area (Å²) in [6, 6.07) is -0.647. The van der Waals surface area contributed by atoms with Gasteiger partial charge in [-0.25, -0.2) is 0 Å². The molecule has 0 radical (unpaired) electrons. The van der Waals surface area contributed by atoms with Crippen LogP contribution in [0, 0.1) is 23.7 Å². The lowest BCUT2D eigenvalue weighted by molar-refractivity contribution is -0.155. The molecule has 7 nitrogen and oxygen atoms in total. The van der Waals surface area contributed by atoms with Crippen LogP contribution in [0.3, 0.4) is 0 Å². The summed E-state index contributed by atoms with van der Waals surface area (Å²) < 4.78 is 5.29. The zero-order valence-corrected chi connectivity index (χ0v) is 17.9. The minimum atomic E-state index is -0.647. The van der Waals surface area contributed by atoms with Crippen LogP contribution in [-0.4, -0.2) is 60.1 Å². The lowest BCUT2D eigenvalue weighted by atomic mass is 9.69. The molecule has 7 heteroatoms. The number of hydrogen-bond acceptors (Lipinski definition) is 5. The second-order valence-corrected chi connectivity index (χ2v) is 7.89. The number of ether oxygens (including phenoxy) is 1. The molecule has 0 bridgehead atoms. The van der Waals surface area contributed by atoms with Crippen molar-refractivity contribution in [3.8, 4) is 0 Å². The van der Waals surface area contributed by atoms with Crippen LogP contribution in [-0.2, 0) is 19.1 Å². The number of carbonyl (C=O) groups is 3. The number of nitrogens with zero attached hydrogens (tertiary/aromatic N) is 1. The molecule has 0 saturated carbocycles. The van der Waals surface area contributed by atoms with Gasteiger partial charge in [0, 0.05) is 25.6 Å². The quantitative estimate of drug-likeness (QED) is 0.309. The molecule has 1 fully saturated rings. The van der Waals surface area contributed by atoms with E-state index in [-0.39, 0.29) is 42.8 Å². The highest BCUT2D eigenvalue weighted by atomic mass is 16.5. The predicted octanol–water partition coefficient (Wildman–Crippen LogP) is 1.89. The van der Waals surface area contributed by atoms with Gasteiger partial charge in [-0.3, -0.25) is 14.4 Å². The highest BCUT2D eigenvalue weighted by Crippen LogP contribution is 2.45. The first-order valence-corrected chi connectivity index (χ1v) is 11.1. The second kappa shape index (κ2) is 11.3. The summed E-state index contributed by atoms with van der Waals surface area (Å²) >= 11 is 0. The van der Waals surface area contributed by atoms with Gasteiger partial charge in [0.25, 0.3) is 0 Å². The third-order valence-corrected chi connectivity index (χ3v) is 6.05. The van der Waals surface area contributed by atoms with Crippen molar-refractivity contribution in [2.75, 3.05) is 26.3 Å². The van der Waals surface area contributed by atoms with Gasteiger partial charge >= 0.3 is 5.97 Å². The van der Waals surface area contributed by atoms with E-state index in [4.69, 9.17) is 4.74 Å². The molecule has 1 saturated heterocycles. The number of aliphatic hydroxyl groups is 1. The predicted molar refractivity (Wildman–Crippen MR) is 110 cm³/mol. The highest BCUT2D eigenvalue weighted by Gasteiger charge is 2.57. The van der Waals surface area contributed by atoms with Crippen LogP contribution in [0.4, 0.5) is 0 Å². The fourth-order valence-corrected chi connectivity index (χ4v) is 4.62. The molecule has 0 aromatic rings. The van der Waals surface area contributed by atoms with Gasteiger partial charge in [-0.05, 0) is 32.1 Å². The second-order valence-electron chi connectivity index (χ2n) is 7.89. The Hall–Kier alpha value is -1.89. The Morgan fingerprint density at radius 3 is 2.55 bits per heavy atom. The summed E-state index contributed by atoms with van der Waals surface area (Å²) in [5, 5.41) is 12.2. The molecular weight excluding hydrogens is 372 g/mol. The van der Waals surface area contributed by atoms with Crippen LogP contribution in [0.15, 0.2) is 12.2 Å². The molecule has 1 aliphatic heterocycles. The molecule has 2 amide bonds. The first-order chi connectivity index (χ1) is 14.0. The summed E-state index contributed by atoms with van der Waals surface area (Å²) in [5.74, 6) is -2.32. The number of amides is 2. The van der Waals surface area contributed by atoms with Gasteiger partial charge in [-0.15, -0.1) is 0 Å². The minimum absolute atomic E-state index is 0.0569. The van der Waals surface area contributed by atoms with Crippen LogP contribution in [0.2, 0.25) is 0 Å². The maximum atomic E-state index is 13.3. The van der Waals surface area contributed by atoms with Crippen LogP contribution in [0.25, 0.3) is 0 Å². The molecule has 0 aromatic heterocycles. The number of nitrogens with one attached hydrogen (secondary N) is 1. The SMILES string of the molecule is CCCCCNC(=O)[C@@H]1[C@H]2C=C[C@@H](CC)[C@@H](C(=O)OCC)[C@@H]2C(=O)N1CCCO. The number of rotatable bonds is 11. The Morgan fingerprint density at radius 2 is 1.93 bits per heavy atom. The summed E-state index contributed by atoms with van der Waals surface area (Å²) in [5.41, 5.74) is 0. The summed E-state index contributed by atoms with van der Waals surface area (Å²) in [7, 11) is 0. The molecule has 29 heavy (non-hydrogen) atoms. The van der Waals surface area contributed by atoms with E-state index in [9.17, 15) is 19.5 Å². The number of esters is 1. The molecule has 1 heterocycles. The maximum Gasteiger partial charge on any atom is 0.310 e. The summed E-state index contributed by atoms with van der Waals surface area (Å²) in [6.45, 7) is 6.93. The van der Waals surface area contributed by atoms with Crippen LogP contribution in [0.5, 0.6) is 0 Å². The molecule has 2 rings (SSSR count). The first kappa shape index (κ1) is 23.4. The fraction of sp³-hybridized carbons (Fsp3) is 0.773. The van der Waals surface area contributed by atoms with E-state index in [1.54, 1.807) is 11.8 Å². The summed E-state index contributed by atoms with van der Waals surface area (Å²) in [4.78, 5) is 40.7. The molecule has 5 atom stereocenters. The molecule has 1 aliphatic carbocycles. The first-order valence-electron chi connectivity index (χ1n) is 11.1. The van der Waals surface area contributed by atoms with E-state index in [0.29, 0.717) is 19.5 Å².